The summed E-state index contributed by atoms with van der Waals surface area (Å²) in [6.07, 6.45) is 3.12. The Balaban J connectivity index is 0.00000320. The number of oxazole rings is 1. The number of likely N-dealkylation sites (tertiary alicyclic amines) is 1. The van der Waals surface area contributed by atoms with E-state index in [2.05, 4.69) is 20.6 Å². The number of carbonyl (C=O) groups excluding carboxylic acids is 1. The summed E-state index contributed by atoms with van der Waals surface area (Å²) in [5, 5.41) is 6.73. The van der Waals surface area contributed by atoms with Crippen molar-refractivity contribution in [3.05, 3.63) is 42.3 Å². The zero-order chi connectivity index (χ0) is 20.5. The molecule has 1 aromatic heterocycles. The standard InChI is InChI=1S/C21H29N5O3.HI/c1-3-22-20(25-17-10-12-26(13-11-17)21(27)28-4-2)23-14-18-15-29-19(24-18)16-8-6-5-7-9-16;/h5-9,15,17H,3-4,10-14H2,1-2H3,(H2,22,23,25);1H. The molecule has 1 amide bonds. The number of carbonyl (C=O) groups is 1. The molecule has 0 bridgehead atoms. The summed E-state index contributed by atoms with van der Waals surface area (Å²) in [6, 6.07) is 10.1. The third kappa shape index (κ3) is 6.89. The molecule has 9 heteroatoms. The molecule has 2 aromatic rings. The maximum Gasteiger partial charge on any atom is 0.409 e. The van der Waals surface area contributed by atoms with Gasteiger partial charge in [-0.15, -0.1) is 24.0 Å². The van der Waals surface area contributed by atoms with Gasteiger partial charge in [-0.2, -0.15) is 0 Å². The first-order valence-electron chi connectivity index (χ1n) is 10.2. The Kier molecular flexibility index (Phi) is 9.92. The van der Waals surface area contributed by atoms with Crippen LogP contribution in [0, 0.1) is 0 Å². The largest absolute Gasteiger partial charge is 0.450 e. The zero-order valence-corrected chi connectivity index (χ0v) is 19.8. The molecular weight excluding hydrogens is 497 g/mol. The number of nitrogens with zero attached hydrogens (tertiary/aromatic N) is 3. The number of nitrogens with one attached hydrogen (secondary N) is 2. The Hall–Kier alpha value is -2.30. The van der Waals surface area contributed by atoms with Gasteiger partial charge in [0.15, 0.2) is 5.96 Å². The van der Waals surface area contributed by atoms with Crippen LogP contribution in [0.25, 0.3) is 11.5 Å². The van der Waals surface area contributed by atoms with E-state index in [-0.39, 0.29) is 36.1 Å². The highest BCUT2D eigenvalue weighted by Crippen LogP contribution is 2.18. The van der Waals surface area contributed by atoms with E-state index in [1.165, 1.54) is 0 Å². The summed E-state index contributed by atoms with van der Waals surface area (Å²) in [7, 11) is 0. The van der Waals surface area contributed by atoms with Gasteiger partial charge in [-0.25, -0.2) is 14.8 Å². The number of rotatable bonds is 6. The quantitative estimate of drug-likeness (QED) is 0.339. The number of guanidine groups is 1. The molecule has 0 aliphatic carbocycles. The molecule has 1 saturated heterocycles. The Morgan fingerprint density at radius 3 is 2.67 bits per heavy atom. The second-order valence-corrected chi connectivity index (χ2v) is 6.81. The minimum absolute atomic E-state index is 0. The van der Waals surface area contributed by atoms with Crippen molar-refractivity contribution < 1.29 is 13.9 Å². The highest BCUT2D eigenvalue weighted by Gasteiger charge is 2.24. The number of hydrogen-bond acceptors (Lipinski definition) is 5. The number of aliphatic imine (C=N–C) groups is 1. The lowest BCUT2D eigenvalue weighted by Crippen LogP contribution is -2.49. The van der Waals surface area contributed by atoms with E-state index in [0.29, 0.717) is 32.1 Å². The van der Waals surface area contributed by atoms with E-state index in [9.17, 15) is 4.79 Å². The molecule has 0 radical (unpaired) electrons. The van der Waals surface area contributed by atoms with Gasteiger partial charge in [-0.05, 0) is 38.8 Å². The summed E-state index contributed by atoms with van der Waals surface area (Å²) in [6.45, 7) is 6.81. The molecule has 164 valence electrons. The Morgan fingerprint density at radius 1 is 1.27 bits per heavy atom. The summed E-state index contributed by atoms with van der Waals surface area (Å²) < 4.78 is 10.6. The SMILES string of the molecule is CCNC(=NCc1coc(-c2ccccc2)n1)NC1CCN(C(=O)OCC)CC1.I. The number of aromatic nitrogens is 1. The molecule has 1 aliphatic rings. The molecule has 0 spiro atoms. The van der Waals surface area contributed by atoms with Crippen molar-refractivity contribution in [1.82, 2.24) is 20.5 Å². The van der Waals surface area contributed by atoms with E-state index < -0.39 is 0 Å². The van der Waals surface area contributed by atoms with Gasteiger partial charge < -0.3 is 24.7 Å². The number of halogens is 1. The zero-order valence-electron chi connectivity index (χ0n) is 17.5. The molecule has 1 aliphatic heterocycles. The Morgan fingerprint density at radius 2 is 2.00 bits per heavy atom. The van der Waals surface area contributed by atoms with Crippen LogP contribution < -0.4 is 10.6 Å². The van der Waals surface area contributed by atoms with Crippen LogP contribution in [0.2, 0.25) is 0 Å². The molecule has 0 unspecified atom stereocenters. The fourth-order valence-electron chi connectivity index (χ4n) is 3.19. The molecule has 30 heavy (non-hydrogen) atoms. The van der Waals surface area contributed by atoms with Crippen molar-refractivity contribution in [3.8, 4) is 11.5 Å². The molecule has 3 rings (SSSR count). The molecule has 0 atom stereocenters. The van der Waals surface area contributed by atoms with Gasteiger partial charge in [-0.3, -0.25) is 0 Å². The number of hydrogen-bond donors (Lipinski definition) is 2. The van der Waals surface area contributed by atoms with Crippen LogP contribution in [0.3, 0.4) is 0 Å². The van der Waals surface area contributed by atoms with Crippen LogP contribution in [0.15, 0.2) is 46.0 Å². The highest BCUT2D eigenvalue weighted by atomic mass is 127. The topological polar surface area (TPSA) is 92.0 Å². The van der Waals surface area contributed by atoms with Crippen LogP contribution in [0.1, 0.15) is 32.4 Å². The van der Waals surface area contributed by atoms with E-state index in [1.807, 2.05) is 44.2 Å². The average molecular weight is 527 g/mol. The van der Waals surface area contributed by atoms with E-state index >= 15 is 0 Å². The van der Waals surface area contributed by atoms with E-state index in [1.54, 1.807) is 11.2 Å². The smallest absolute Gasteiger partial charge is 0.409 e. The molecule has 1 aromatic carbocycles. The molecule has 2 heterocycles. The van der Waals surface area contributed by atoms with Gasteiger partial charge in [0.1, 0.15) is 12.0 Å². The second kappa shape index (κ2) is 12.4. The third-order valence-corrected chi connectivity index (χ3v) is 4.68. The number of ether oxygens (including phenoxy) is 1. The highest BCUT2D eigenvalue weighted by molar-refractivity contribution is 14.0. The van der Waals surface area contributed by atoms with Gasteiger partial charge in [0, 0.05) is 31.2 Å². The summed E-state index contributed by atoms with van der Waals surface area (Å²) in [5.74, 6) is 1.34. The predicted molar refractivity (Wildman–Crippen MR) is 127 cm³/mol. The number of amides is 1. The molecule has 2 N–H and O–H groups in total. The van der Waals surface area contributed by atoms with Crippen molar-refractivity contribution >= 4 is 36.0 Å². The van der Waals surface area contributed by atoms with Gasteiger partial charge in [0.05, 0.1) is 13.2 Å². The van der Waals surface area contributed by atoms with E-state index in [0.717, 1.165) is 36.6 Å². The van der Waals surface area contributed by atoms with Crippen LogP contribution >= 0.6 is 24.0 Å². The predicted octanol–water partition coefficient (Wildman–Crippen LogP) is 3.64. The lowest BCUT2D eigenvalue weighted by atomic mass is 10.1. The lowest BCUT2D eigenvalue weighted by Gasteiger charge is -2.32. The van der Waals surface area contributed by atoms with Gasteiger partial charge in [-0.1, -0.05) is 18.2 Å². The lowest BCUT2D eigenvalue weighted by molar-refractivity contribution is 0.0963. The fourth-order valence-corrected chi connectivity index (χ4v) is 3.19. The van der Waals surface area contributed by atoms with Crippen LogP contribution in [-0.2, 0) is 11.3 Å². The monoisotopic (exact) mass is 527 g/mol. The molecule has 1 fully saturated rings. The normalized spacial score (nSPS) is 14.7. The van der Waals surface area contributed by atoms with Crippen molar-refractivity contribution in [3.63, 3.8) is 0 Å². The van der Waals surface area contributed by atoms with Crippen LogP contribution in [0.5, 0.6) is 0 Å². The molecule has 0 saturated carbocycles. The Labute approximate surface area is 194 Å². The van der Waals surface area contributed by atoms with Crippen molar-refractivity contribution in [2.24, 2.45) is 4.99 Å². The second-order valence-electron chi connectivity index (χ2n) is 6.81. The maximum absolute atomic E-state index is 11.8. The molecular formula is C21H30IN5O3. The Bertz CT molecular complexity index is 804. The average Bonchev–Trinajstić information content (AvgIpc) is 3.23. The van der Waals surface area contributed by atoms with Crippen LogP contribution in [-0.4, -0.2) is 54.2 Å². The fraction of sp³-hybridized carbons (Fsp3) is 0.476. The number of piperidine rings is 1. The third-order valence-electron chi connectivity index (χ3n) is 4.68. The van der Waals surface area contributed by atoms with Gasteiger partial charge >= 0.3 is 6.09 Å². The van der Waals surface area contributed by atoms with E-state index in [4.69, 9.17) is 9.15 Å². The minimum Gasteiger partial charge on any atom is -0.450 e. The summed E-state index contributed by atoms with van der Waals surface area (Å²) in [5.41, 5.74) is 1.72. The maximum atomic E-state index is 11.8. The molecule has 8 nitrogen and oxygen atoms in total. The van der Waals surface area contributed by atoms with Crippen LogP contribution in [0.4, 0.5) is 4.79 Å². The first kappa shape index (κ1) is 24.0. The van der Waals surface area contributed by atoms with Crippen molar-refractivity contribution in [2.45, 2.75) is 39.3 Å². The summed E-state index contributed by atoms with van der Waals surface area (Å²) in [4.78, 5) is 22.7. The minimum atomic E-state index is -0.230. The van der Waals surface area contributed by atoms with Gasteiger partial charge in [0.25, 0.3) is 0 Å². The van der Waals surface area contributed by atoms with Crippen molar-refractivity contribution in [2.75, 3.05) is 26.2 Å². The number of benzene rings is 1. The first-order chi connectivity index (χ1) is 14.2. The summed E-state index contributed by atoms with van der Waals surface area (Å²) >= 11 is 0. The van der Waals surface area contributed by atoms with Gasteiger partial charge in [0.2, 0.25) is 5.89 Å². The van der Waals surface area contributed by atoms with Crippen molar-refractivity contribution in [1.29, 1.82) is 0 Å². The first-order valence-corrected chi connectivity index (χ1v) is 10.2.